The van der Waals surface area contributed by atoms with Crippen molar-refractivity contribution in [3.63, 3.8) is 0 Å². The molecule has 0 aliphatic carbocycles. The minimum Gasteiger partial charge on any atom is -0.356 e. The first-order valence-electron chi connectivity index (χ1n) is 7.80. The van der Waals surface area contributed by atoms with Crippen molar-refractivity contribution in [2.24, 2.45) is 4.99 Å². The van der Waals surface area contributed by atoms with Gasteiger partial charge < -0.3 is 20.4 Å². The second-order valence-corrected chi connectivity index (χ2v) is 6.73. The molecule has 2 N–H and O–H groups in total. The van der Waals surface area contributed by atoms with Crippen LogP contribution in [0.25, 0.3) is 0 Å². The summed E-state index contributed by atoms with van der Waals surface area (Å²) in [5.41, 5.74) is 0.0528. The second-order valence-electron chi connectivity index (χ2n) is 6.73. The summed E-state index contributed by atoms with van der Waals surface area (Å²) in [7, 11) is 4.04. The lowest BCUT2D eigenvalue weighted by molar-refractivity contribution is 0.273. The largest absolute Gasteiger partial charge is 0.356 e. The first-order valence-corrected chi connectivity index (χ1v) is 7.80. The summed E-state index contributed by atoms with van der Waals surface area (Å²) in [5.74, 6) is 0.896. The van der Waals surface area contributed by atoms with Gasteiger partial charge in [-0.05, 0) is 60.3 Å². The van der Waals surface area contributed by atoms with Gasteiger partial charge in [-0.15, -0.1) is 24.0 Å². The van der Waals surface area contributed by atoms with Gasteiger partial charge in [0.2, 0.25) is 0 Å². The molecule has 0 amide bonds. The van der Waals surface area contributed by atoms with Crippen LogP contribution in [-0.4, -0.2) is 74.7 Å². The maximum Gasteiger partial charge on any atom is 0.191 e. The second kappa shape index (κ2) is 10.6. The Hall–Kier alpha value is -0.0800. The third kappa shape index (κ3) is 10.3. The molecule has 6 heteroatoms. The Kier molecular flexibility index (Phi) is 10.6. The van der Waals surface area contributed by atoms with Crippen LogP contribution >= 0.6 is 24.0 Å². The summed E-state index contributed by atoms with van der Waals surface area (Å²) in [5, 5.41) is 6.77. The monoisotopic (exact) mass is 411 g/mol. The van der Waals surface area contributed by atoms with E-state index in [1.165, 1.54) is 39.1 Å². The summed E-state index contributed by atoms with van der Waals surface area (Å²) in [6, 6.07) is 0. The predicted octanol–water partition coefficient (Wildman–Crippen LogP) is 1.60. The molecule has 1 fully saturated rings. The molecule has 0 aromatic rings. The number of likely N-dealkylation sites (N-methyl/N-ethyl adjacent to an activating group) is 1. The Balaban J connectivity index is 0.00000400. The molecule has 126 valence electrons. The van der Waals surface area contributed by atoms with E-state index in [0.717, 1.165) is 18.9 Å². The molecule has 0 radical (unpaired) electrons. The van der Waals surface area contributed by atoms with Crippen molar-refractivity contribution in [1.82, 2.24) is 20.4 Å². The van der Waals surface area contributed by atoms with Crippen molar-refractivity contribution in [1.29, 1.82) is 0 Å². The molecule has 1 aliphatic heterocycles. The number of hydrogen-bond donors (Lipinski definition) is 2. The minimum atomic E-state index is 0. The van der Waals surface area contributed by atoms with Crippen molar-refractivity contribution >= 4 is 29.9 Å². The van der Waals surface area contributed by atoms with Gasteiger partial charge in [0.15, 0.2) is 5.96 Å². The maximum absolute atomic E-state index is 4.26. The molecular formula is C15H34IN5. The van der Waals surface area contributed by atoms with E-state index in [-0.39, 0.29) is 29.5 Å². The Morgan fingerprint density at radius 3 is 2.48 bits per heavy atom. The van der Waals surface area contributed by atoms with Gasteiger partial charge in [-0.2, -0.15) is 0 Å². The number of aliphatic imine (C=N–C) groups is 1. The first-order chi connectivity index (χ1) is 9.40. The lowest BCUT2D eigenvalue weighted by Gasteiger charge is -2.24. The molecule has 5 nitrogen and oxygen atoms in total. The molecule has 0 spiro atoms. The smallest absolute Gasteiger partial charge is 0.191 e. The molecule has 0 saturated carbocycles. The summed E-state index contributed by atoms with van der Waals surface area (Å²) in [6.07, 6.45) is 2.45. The van der Waals surface area contributed by atoms with Crippen LogP contribution in [0.2, 0.25) is 0 Å². The number of nitrogens with one attached hydrogen (secondary N) is 2. The van der Waals surface area contributed by atoms with Gasteiger partial charge in [-0.25, -0.2) is 0 Å². The number of nitrogens with zero attached hydrogens (tertiary/aromatic N) is 3. The molecule has 0 bridgehead atoms. The van der Waals surface area contributed by atoms with Gasteiger partial charge in [-0.3, -0.25) is 4.99 Å². The van der Waals surface area contributed by atoms with Crippen LogP contribution in [0.3, 0.4) is 0 Å². The number of hydrogen-bond acceptors (Lipinski definition) is 3. The van der Waals surface area contributed by atoms with Crippen molar-refractivity contribution in [2.45, 2.75) is 39.2 Å². The van der Waals surface area contributed by atoms with Crippen LogP contribution in [0.15, 0.2) is 4.99 Å². The van der Waals surface area contributed by atoms with Crippen LogP contribution in [0, 0.1) is 0 Å². The molecule has 1 rings (SSSR count). The van der Waals surface area contributed by atoms with Gasteiger partial charge in [0.1, 0.15) is 0 Å². The Morgan fingerprint density at radius 1 is 1.14 bits per heavy atom. The van der Waals surface area contributed by atoms with E-state index in [2.05, 4.69) is 53.2 Å². The van der Waals surface area contributed by atoms with Crippen LogP contribution in [-0.2, 0) is 0 Å². The van der Waals surface area contributed by atoms with Gasteiger partial charge >= 0.3 is 0 Å². The fourth-order valence-corrected chi connectivity index (χ4v) is 2.37. The third-order valence-electron chi connectivity index (χ3n) is 3.47. The molecule has 21 heavy (non-hydrogen) atoms. The minimum absolute atomic E-state index is 0. The van der Waals surface area contributed by atoms with Gasteiger partial charge in [0.25, 0.3) is 0 Å². The highest BCUT2D eigenvalue weighted by atomic mass is 127. The van der Waals surface area contributed by atoms with E-state index < -0.39 is 0 Å². The summed E-state index contributed by atoms with van der Waals surface area (Å²) in [4.78, 5) is 9.26. The lowest BCUT2D eigenvalue weighted by Crippen LogP contribution is -2.48. The fourth-order valence-electron chi connectivity index (χ4n) is 2.37. The number of guanidine groups is 1. The molecule has 0 unspecified atom stereocenters. The average Bonchev–Trinajstić information content (AvgIpc) is 2.56. The van der Waals surface area contributed by atoms with E-state index in [1.54, 1.807) is 0 Å². The maximum atomic E-state index is 4.26. The van der Waals surface area contributed by atoms with Crippen LogP contribution in [0.1, 0.15) is 33.6 Å². The third-order valence-corrected chi connectivity index (χ3v) is 3.47. The van der Waals surface area contributed by atoms with E-state index in [4.69, 9.17) is 0 Å². The molecule has 1 aliphatic rings. The van der Waals surface area contributed by atoms with Gasteiger partial charge in [0.05, 0.1) is 0 Å². The summed E-state index contributed by atoms with van der Waals surface area (Å²) in [6.45, 7) is 13.5. The van der Waals surface area contributed by atoms with Crippen LogP contribution in [0.4, 0.5) is 0 Å². The van der Waals surface area contributed by atoms with Gasteiger partial charge in [0, 0.05) is 32.2 Å². The lowest BCUT2D eigenvalue weighted by atomic mass is 10.1. The SMILES string of the molecule is CN=C(NCCCN1CCCN(C)CC1)NC(C)(C)C.I. The van der Waals surface area contributed by atoms with E-state index in [9.17, 15) is 0 Å². The molecule has 0 atom stereocenters. The highest BCUT2D eigenvalue weighted by Crippen LogP contribution is 2.01. The normalized spacial score (nSPS) is 18.8. The van der Waals surface area contributed by atoms with Gasteiger partial charge in [-0.1, -0.05) is 0 Å². The highest BCUT2D eigenvalue weighted by molar-refractivity contribution is 14.0. The van der Waals surface area contributed by atoms with Crippen molar-refractivity contribution in [2.75, 3.05) is 53.4 Å². The Bertz CT molecular complexity index is 301. The molecule has 1 saturated heterocycles. The summed E-state index contributed by atoms with van der Waals surface area (Å²) < 4.78 is 0. The zero-order valence-electron chi connectivity index (χ0n) is 14.4. The first kappa shape index (κ1) is 20.9. The number of halogens is 1. The predicted molar refractivity (Wildman–Crippen MR) is 103 cm³/mol. The standard InChI is InChI=1S/C15H33N5.HI/c1-15(2,3)18-14(16-4)17-8-6-10-20-11-7-9-19(5)12-13-20;/h6-13H2,1-5H3,(H2,16,17,18);1H. The number of rotatable bonds is 4. The van der Waals surface area contributed by atoms with Crippen molar-refractivity contribution in [3.05, 3.63) is 0 Å². The average molecular weight is 411 g/mol. The Morgan fingerprint density at radius 2 is 1.86 bits per heavy atom. The zero-order valence-corrected chi connectivity index (χ0v) is 16.7. The Labute approximate surface area is 148 Å². The fraction of sp³-hybridized carbons (Fsp3) is 0.933. The quantitative estimate of drug-likeness (QED) is 0.319. The van der Waals surface area contributed by atoms with E-state index >= 15 is 0 Å². The zero-order chi connectivity index (χ0) is 15.0. The van der Waals surface area contributed by atoms with Crippen molar-refractivity contribution in [3.8, 4) is 0 Å². The molecular weight excluding hydrogens is 377 g/mol. The topological polar surface area (TPSA) is 42.9 Å². The molecule has 0 aromatic heterocycles. The van der Waals surface area contributed by atoms with Crippen LogP contribution < -0.4 is 10.6 Å². The summed E-state index contributed by atoms with van der Waals surface area (Å²) >= 11 is 0. The van der Waals surface area contributed by atoms with E-state index in [1.807, 2.05) is 7.05 Å². The van der Waals surface area contributed by atoms with E-state index in [0.29, 0.717) is 0 Å². The molecule has 0 aromatic carbocycles. The van der Waals surface area contributed by atoms with Crippen LogP contribution in [0.5, 0.6) is 0 Å². The highest BCUT2D eigenvalue weighted by Gasteiger charge is 2.13. The molecule has 1 heterocycles. The van der Waals surface area contributed by atoms with Crippen molar-refractivity contribution < 1.29 is 0 Å².